The molecule has 1 spiro atoms. The molecular weight excluding hydrogens is 623 g/mol. The van der Waals surface area contributed by atoms with Gasteiger partial charge in [0.15, 0.2) is 0 Å². The Balaban J connectivity index is 1.30. The third-order valence-electron chi connectivity index (χ3n) is 13.9. The first-order chi connectivity index (χ1) is 24.2. The number of anilines is 3. The Hall–Kier alpha value is -3.75. The first-order valence-corrected chi connectivity index (χ1v) is 20.1. The number of nitrogens with zero attached hydrogens (tertiary/aromatic N) is 1. The molecule has 5 aromatic rings. The lowest BCUT2D eigenvalue weighted by atomic mass is 9.42. The highest BCUT2D eigenvalue weighted by Crippen LogP contribution is 2.69. The van der Waals surface area contributed by atoms with Gasteiger partial charge in [0.2, 0.25) is 0 Å². The van der Waals surface area contributed by atoms with Crippen LogP contribution >= 0.6 is 11.8 Å². The minimum absolute atomic E-state index is 0.0625. The van der Waals surface area contributed by atoms with Crippen LogP contribution in [-0.2, 0) is 16.2 Å². The van der Waals surface area contributed by atoms with Crippen LogP contribution in [-0.4, -0.2) is 0 Å². The van der Waals surface area contributed by atoms with E-state index in [1.807, 2.05) is 11.8 Å². The largest absolute Gasteiger partial charge is 0.310 e. The lowest BCUT2D eigenvalue weighted by molar-refractivity contribution is -0.0443. The molecule has 1 nitrogen and oxygen atoms in total. The summed E-state index contributed by atoms with van der Waals surface area (Å²) in [4.78, 5) is 5.63. The summed E-state index contributed by atoms with van der Waals surface area (Å²) in [6, 6.07) is 44.5. The molecule has 2 heteroatoms. The summed E-state index contributed by atoms with van der Waals surface area (Å²) in [7, 11) is 0. The summed E-state index contributed by atoms with van der Waals surface area (Å²) in [5, 5.41) is 0. The quantitative estimate of drug-likeness (QED) is 0.187. The van der Waals surface area contributed by atoms with Crippen molar-refractivity contribution in [2.45, 2.75) is 98.7 Å². The minimum atomic E-state index is 0.0625. The highest BCUT2D eigenvalue weighted by atomic mass is 32.2. The van der Waals surface area contributed by atoms with E-state index in [1.54, 1.807) is 11.1 Å². The van der Waals surface area contributed by atoms with Crippen molar-refractivity contribution >= 4 is 28.8 Å². The molecule has 0 radical (unpaired) electrons. The molecule has 4 saturated carbocycles. The van der Waals surface area contributed by atoms with Crippen molar-refractivity contribution in [3.05, 3.63) is 138 Å². The molecule has 0 unspecified atom stereocenters. The molecule has 4 bridgehead atoms. The molecule has 6 aliphatic rings. The zero-order valence-corrected chi connectivity index (χ0v) is 30.9. The van der Waals surface area contributed by atoms with E-state index >= 15 is 0 Å². The monoisotopic (exact) mass is 671 g/mol. The summed E-state index contributed by atoms with van der Waals surface area (Å²) in [5.41, 5.74) is 13.0. The Labute approximate surface area is 303 Å². The van der Waals surface area contributed by atoms with Gasteiger partial charge in [-0.05, 0) is 144 Å². The number of hydrogen-bond acceptors (Lipinski definition) is 2. The lowest BCUT2D eigenvalue weighted by Gasteiger charge is -2.63. The fourth-order valence-corrected chi connectivity index (χ4v) is 13.1. The molecule has 0 aromatic heterocycles. The molecule has 0 saturated heterocycles. The number of benzene rings is 5. The first kappa shape index (κ1) is 31.0. The second-order valence-corrected chi connectivity index (χ2v) is 18.7. The minimum Gasteiger partial charge on any atom is -0.310 e. The van der Waals surface area contributed by atoms with Crippen LogP contribution < -0.4 is 4.90 Å². The summed E-state index contributed by atoms with van der Waals surface area (Å²) in [6.07, 6.45) is 9.41. The Kier molecular flexibility index (Phi) is 6.90. The van der Waals surface area contributed by atoms with Crippen molar-refractivity contribution in [2.24, 2.45) is 23.7 Å². The van der Waals surface area contributed by atoms with E-state index in [-0.39, 0.29) is 16.2 Å². The summed E-state index contributed by atoms with van der Waals surface area (Å²) in [6.45, 7) is 9.87. The molecule has 252 valence electrons. The zero-order chi connectivity index (χ0) is 33.8. The average Bonchev–Trinajstić information content (AvgIpc) is 3.12. The molecule has 5 aliphatic carbocycles. The highest BCUT2D eigenvalue weighted by molar-refractivity contribution is 7.99. The van der Waals surface area contributed by atoms with E-state index in [2.05, 4.69) is 148 Å². The maximum atomic E-state index is 2.72. The van der Waals surface area contributed by atoms with Gasteiger partial charge in [0, 0.05) is 26.5 Å². The molecule has 0 N–H and O–H groups in total. The molecule has 1 aliphatic heterocycles. The average molecular weight is 672 g/mol. The van der Waals surface area contributed by atoms with Gasteiger partial charge in [-0.15, -0.1) is 0 Å². The van der Waals surface area contributed by atoms with Crippen molar-refractivity contribution in [2.75, 3.05) is 4.90 Å². The van der Waals surface area contributed by atoms with Crippen LogP contribution in [0.2, 0.25) is 0 Å². The Morgan fingerprint density at radius 3 is 1.88 bits per heavy atom. The van der Waals surface area contributed by atoms with Crippen LogP contribution in [0, 0.1) is 23.7 Å². The van der Waals surface area contributed by atoms with Crippen molar-refractivity contribution in [3.8, 4) is 11.1 Å². The van der Waals surface area contributed by atoms with Crippen molar-refractivity contribution in [3.63, 3.8) is 0 Å². The molecule has 0 atom stereocenters. The van der Waals surface area contributed by atoms with Gasteiger partial charge in [-0.1, -0.05) is 118 Å². The van der Waals surface area contributed by atoms with E-state index in [0.29, 0.717) is 11.8 Å². The maximum absolute atomic E-state index is 2.72. The maximum Gasteiger partial charge on any atom is 0.0544 e. The van der Waals surface area contributed by atoms with Crippen molar-refractivity contribution in [1.29, 1.82) is 0 Å². The third kappa shape index (κ3) is 4.46. The topological polar surface area (TPSA) is 3.24 Å². The number of fused-ring (bicyclic) bond motifs is 3. The molecule has 11 rings (SSSR count). The van der Waals surface area contributed by atoms with Gasteiger partial charge in [0.05, 0.1) is 11.4 Å². The van der Waals surface area contributed by atoms with Gasteiger partial charge in [0.25, 0.3) is 0 Å². The van der Waals surface area contributed by atoms with E-state index in [1.165, 1.54) is 94.1 Å². The highest BCUT2D eigenvalue weighted by Gasteiger charge is 2.61. The summed E-state index contributed by atoms with van der Waals surface area (Å²) < 4.78 is 0. The Bertz CT molecular complexity index is 2080. The molecule has 0 amide bonds. The SMILES string of the molecule is CC1(C)CCC(C)(C)c2c(N(c3ccccc3)c3cc4c(cc3-c3ccccc3)Sc3ccccc3C43C4CC5CC(C4)CC3C5)cccc21. The molecule has 1 heterocycles. The third-order valence-corrected chi connectivity index (χ3v) is 15.1. The van der Waals surface area contributed by atoms with Crippen LogP contribution in [0.25, 0.3) is 11.1 Å². The second-order valence-electron chi connectivity index (χ2n) is 17.6. The number of rotatable bonds is 4. The van der Waals surface area contributed by atoms with E-state index in [4.69, 9.17) is 0 Å². The van der Waals surface area contributed by atoms with Crippen molar-refractivity contribution < 1.29 is 0 Å². The van der Waals surface area contributed by atoms with Gasteiger partial charge in [-0.3, -0.25) is 0 Å². The van der Waals surface area contributed by atoms with E-state index in [9.17, 15) is 0 Å². The summed E-state index contributed by atoms with van der Waals surface area (Å²) >= 11 is 2.03. The van der Waals surface area contributed by atoms with Gasteiger partial charge in [-0.2, -0.15) is 0 Å². The zero-order valence-electron chi connectivity index (χ0n) is 30.1. The van der Waals surface area contributed by atoms with Gasteiger partial charge in [0.1, 0.15) is 0 Å². The molecule has 50 heavy (non-hydrogen) atoms. The van der Waals surface area contributed by atoms with Crippen LogP contribution in [0.4, 0.5) is 17.1 Å². The Morgan fingerprint density at radius 2 is 1.16 bits per heavy atom. The van der Waals surface area contributed by atoms with Crippen molar-refractivity contribution in [1.82, 2.24) is 0 Å². The number of hydrogen-bond donors (Lipinski definition) is 0. The Morgan fingerprint density at radius 1 is 0.540 bits per heavy atom. The molecular formula is C48H49NS. The summed E-state index contributed by atoms with van der Waals surface area (Å²) in [5.74, 6) is 3.26. The van der Waals surface area contributed by atoms with Gasteiger partial charge in [-0.25, -0.2) is 0 Å². The smallest absolute Gasteiger partial charge is 0.0544 e. The van der Waals surface area contributed by atoms with Gasteiger partial charge >= 0.3 is 0 Å². The fraction of sp³-hybridized carbons (Fsp3) is 0.375. The van der Waals surface area contributed by atoms with Crippen LogP contribution in [0.15, 0.2) is 125 Å². The molecule has 4 fully saturated rings. The second kappa shape index (κ2) is 11.1. The first-order valence-electron chi connectivity index (χ1n) is 19.2. The normalized spacial score (nSPS) is 27.8. The number of para-hydroxylation sites is 1. The molecule has 5 aromatic carbocycles. The van der Waals surface area contributed by atoms with Crippen LogP contribution in [0.5, 0.6) is 0 Å². The van der Waals surface area contributed by atoms with E-state index < -0.39 is 0 Å². The van der Waals surface area contributed by atoms with Crippen LogP contribution in [0.1, 0.15) is 94.9 Å². The lowest BCUT2D eigenvalue weighted by Crippen LogP contribution is -2.57. The standard InChI is InChI=1S/C48H49NS/c1-46(2)22-23-47(3,4)45-39(46)19-13-20-41(45)49(36-16-9-6-10-17-36)42-30-40-44(29-37(42)33-14-7-5-8-15-33)50-43-21-12-11-18-38(43)48(40)34-25-31-24-32(27-34)28-35(48)26-31/h5-21,29-32,34-35H,22-28H2,1-4H3. The van der Waals surface area contributed by atoms with Gasteiger partial charge < -0.3 is 4.90 Å². The predicted octanol–water partition coefficient (Wildman–Crippen LogP) is 13.4. The predicted molar refractivity (Wildman–Crippen MR) is 210 cm³/mol. The van der Waals surface area contributed by atoms with E-state index in [0.717, 1.165) is 11.8 Å². The van der Waals surface area contributed by atoms with Crippen LogP contribution in [0.3, 0.4) is 0 Å². The fourth-order valence-electron chi connectivity index (χ4n) is 11.8.